The number of benzene rings is 2. The van der Waals surface area contributed by atoms with Gasteiger partial charge >= 0.3 is 0 Å². The van der Waals surface area contributed by atoms with Crippen molar-refractivity contribution in [1.82, 2.24) is 10.6 Å². The summed E-state index contributed by atoms with van der Waals surface area (Å²) in [7, 11) is 1.85. The molecule has 0 aromatic heterocycles. The molecule has 1 amide bonds. The van der Waals surface area contributed by atoms with Gasteiger partial charge in [0.05, 0.1) is 0 Å². The summed E-state index contributed by atoms with van der Waals surface area (Å²) in [5.74, 6) is 0.517. The standard InChI is InChI=1S/C16H19ClN2O2.ClH/c1-11(18-2)9-19-16(20)10-21-15-8-7-14(17)12-5-3-4-6-13(12)15;/h3-8,11,18H,9-10H2,1-2H3,(H,19,20);1H. The van der Waals surface area contributed by atoms with Crippen LogP contribution >= 0.6 is 24.0 Å². The lowest BCUT2D eigenvalue weighted by atomic mass is 10.1. The maximum Gasteiger partial charge on any atom is 0.257 e. The average Bonchev–Trinajstić information content (AvgIpc) is 2.52. The van der Waals surface area contributed by atoms with Crippen LogP contribution in [0.3, 0.4) is 0 Å². The Balaban J connectivity index is 0.00000242. The largest absolute Gasteiger partial charge is 0.483 e. The molecule has 0 aliphatic rings. The van der Waals surface area contributed by atoms with Crippen LogP contribution in [-0.4, -0.2) is 32.1 Å². The molecule has 0 saturated heterocycles. The van der Waals surface area contributed by atoms with Crippen molar-refractivity contribution < 1.29 is 9.53 Å². The van der Waals surface area contributed by atoms with Crippen molar-refractivity contribution >= 4 is 40.7 Å². The van der Waals surface area contributed by atoms with E-state index in [2.05, 4.69) is 10.6 Å². The van der Waals surface area contributed by atoms with E-state index in [1.165, 1.54) is 0 Å². The Morgan fingerprint density at radius 3 is 2.59 bits per heavy atom. The normalized spacial score (nSPS) is 11.6. The molecule has 0 fully saturated rings. The molecule has 1 atom stereocenters. The number of hydrogen-bond donors (Lipinski definition) is 2. The SMILES string of the molecule is CNC(C)CNC(=O)COc1ccc(Cl)c2ccccc12.Cl. The van der Waals surface area contributed by atoms with Gasteiger partial charge in [-0.2, -0.15) is 0 Å². The molecule has 2 aromatic rings. The van der Waals surface area contributed by atoms with Gasteiger partial charge in [0, 0.05) is 28.4 Å². The third-order valence-electron chi connectivity index (χ3n) is 3.29. The Morgan fingerprint density at radius 2 is 1.91 bits per heavy atom. The first kappa shape index (κ1) is 18.6. The molecule has 0 aliphatic heterocycles. The lowest BCUT2D eigenvalue weighted by molar-refractivity contribution is -0.123. The van der Waals surface area contributed by atoms with E-state index in [4.69, 9.17) is 16.3 Å². The van der Waals surface area contributed by atoms with Crippen LogP contribution in [0.5, 0.6) is 5.75 Å². The average molecular weight is 343 g/mol. The van der Waals surface area contributed by atoms with Crippen molar-refractivity contribution in [2.24, 2.45) is 0 Å². The van der Waals surface area contributed by atoms with Gasteiger partial charge < -0.3 is 15.4 Å². The van der Waals surface area contributed by atoms with Crippen molar-refractivity contribution in [3.05, 3.63) is 41.4 Å². The van der Waals surface area contributed by atoms with Gasteiger partial charge in [0.15, 0.2) is 6.61 Å². The van der Waals surface area contributed by atoms with E-state index < -0.39 is 0 Å². The first-order valence-corrected chi connectivity index (χ1v) is 7.23. The molecule has 22 heavy (non-hydrogen) atoms. The first-order chi connectivity index (χ1) is 10.1. The zero-order valence-corrected chi connectivity index (χ0v) is 14.1. The summed E-state index contributed by atoms with van der Waals surface area (Å²) in [6.07, 6.45) is 0. The zero-order valence-electron chi connectivity index (χ0n) is 12.6. The Kier molecular flexibility index (Phi) is 7.45. The van der Waals surface area contributed by atoms with Crippen LogP contribution in [0.4, 0.5) is 0 Å². The maximum absolute atomic E-state index is 11.7. The van der Waals surface area contributed by atoms with Crippen LogP contribution in [0.25, 0.3) is 10.8 Å². The molecule has 0 bridgehead atoms. The summed E-state index contributed by atoms with van der Waals surface area (Å²) in [5, 5.41) is 8.36. The molecule has 2 N–H and O–H groups in total. The maximum atomic E-state index is 11.7. The van der Waals surface area contributed by atoms with Crippen molar-refractivity contribution in [2.75, 3.05) is 20.2 Å². The minimum atomic E-state index is -0.142. The van der Waals surface area contributed by atoms with Gasteiger partial charge in [0.2, 0.25) is 0 Å². The van der Waals surface area contributed by atoms with Gasteiger partial charge in [-0.1, -0.05) is 35.9 Å². The minimum absolute atomic E-state index is 0. The number of nitrogens with one attached hydrogen (secondary N) is 2. The smallest absolute Gasteiger partial charge is 0.257 e. The number of likely N-dealkylation sites (N-methyl/N-ethyl adjacent to an activating group) is 1. The molecule has 6 heteroatoms. The Bertz CT molecular complexity index is 635. The van der Waals surface area contributed by atoms with Crippen LogP contribution < -0.4 is 15.4 Å². The zero-order chi connectivity index (χ0) is 15.2. The first-order valence-electron chi connectivity index (χ1n) is 6.86. The Hall–Kier alpha value is -1.49. The second-order valence-corrected chi connectivity index (χ2v) is 5.28. The van der Waals surface area contributed by atoms with E-state index in [0.29, 0.717) is 17.3 Å². The lowest BCUT2D eigenvalue weighted by Crippen LogP contribution is -2.39. The fourth-order valence-corrected chi connectivity index (χ4v) is 2.15. The molecule has 2 aromatic carbocycles. The lowest BCUT2D eigenvalue weighted by Gasteiger charge is -2.13. The van der Waals surface area contributed by atoms with E-state index in [9.17, 15) is 4.79 Å². The highest BCUT2D eigenvalue weighted by atomic mass is 35.5. The van der Waals surface area contributed by atoms with E-state index >= 15 is 0 Å². The van der Waals surface area contributed by atoms with Gasteiger partial charge in [-0.3, -0.25) is 4.79 Å². The fraction of sp³-hybridized carbons (Fsp3) is 0.312. The van der Waals surface area contributed by atoms with Crippen LogP contribution in [0, 0.1) is 0 Å². The molecule has 0 heterocycles. The quantitative estimate of drug-likeness (QED) is 0.848. The molecule has 1 unspecified atom stereocenters. The highest BCUT2D eigenvalue weighted by Crippen LogP contribution is 2.31. The molecule has 0 radical (unpaired) electrons. The Labute approximate surface area is 141 Å². The molecular formula is C16H20Cl2N2O2. The van der Waals surface area contributed by atoms with E-state index in [-0.39, 0.29) is 31.0 Å². The van der Waals surface area contributed by atoms with E-state index in [0.717, 1.165) is 10.8 Å². The third kappa shape index (κ3) is 4.77. The predicted molar refractivity (Wildman–Crippen MR) is 93.2 cm³/mol. The number of ether oxygens (including phenoxy) is 1. The van der Waals surface area contributed by atoms with E-state index in [1.54, 1.807) is 12.1 Å². The highest BCUT2D eigenvalue weighted by molar-refractivity contribution is 6.35. The van der Waals surface area contributed by atoms with E-state index in [1.807, 2.05) is 38.2 Å². The van der Waals surface area contributed by atoms with Crippen molar-refractivity contribution in [3.8, 4) is 5.75 Å². The number of halogens is 2. The molecule has 0 spiro atoms. The molecule has 4 nitrogen and oxygen atoms in total. The minimum Gasteiger partial charge on any atom is -0.483 e. The fourth-order valence-electron chi connectivity index (χ4n) is 1.92. The summed E-state index contributed by atoms with van der Waals surface area (Å²) >= 11 is 6.15. The number of carbonyl (C=O) groups is 1. The summed E-state index contributed by atoms with van der Waals surface area (Å²) in [5.41, 5.74) is 0. The summed E-state index contributed by atoms with van der Waals surface area (Å²) in [4.78, 5) is 11.7. The second-order valence-electron chi connectivity index (χ2n) is 4.87. The summed E-state index contributed by atoms with van der Waals surface area (Å²) < 4.78 is 5.61. The Morgan fingerprint density at radius 1 is 1.23 bits per heavy atom. The van der Waals surface area contributed by atoms with Crippen LogP contribution in [0.2, 0.25) is 5.02 Å². The molecular weight excluding hydrogens is 323 g/mol. The van der Waals surface area contributed by atoms with Crippen LogP contribution in [0.15, 0.2) is 36.4 Å². The topological polar surface area (TPSA) is 50.4 Å². The number of carbonyl (C=O) groups excluding carboxylic acids is 1. The third-order valence-corrected chi connectivity index (χ3v) is 3.62. The van der Waals surface area contributed by atoms with Gasteiger partial charge in [-0.05, 0) is 26.1 Å². The molecule has 0 aliphatic carbocycles. The monoisotopic (exact) mass is 342 g/mol. The number of rotatable bonds is 6. The van der Waals surface area contributed by atoms with Crippen molar-refractivity contribution in [3.63, 3.8) is 0 Å². The van der Waals surface area contributed by atoms with Crippen LogP contribution in [0.1, 0.15) is 6.92 Å². The molecule has 120 valence electrons. The number of amides is 1. The molecule has 0 saturated carbocycles. The van der Waals surface area contributed by atoms with Crippen LogP contribution in [-0.2, 0) is 4.79 Å². The number of fused-ring (bicyclic) bond motifs is 1. The van der Waals surface area contributed by atoms with Gasteiger partial charge in [0.25, 0.3) is 5.91 Å². The second kappa shape index (κ2) is 8.83. The van der Waals surface area contributed by atoms with Gasteiger partial charge in [-0.25, -0.2) is 0 Å². The van der Waals surface area contributed by atoms with Crippen molar-refractivity contribution in [2.45, 2.75) is 13.0 Å². The highest BCUT2D eigenvalue weighted by Gasteiger charge is 2.08. The predicted octanol–water partition coefficient (Wildman–Crippen LogP) is 3.02. The van der Waals surface area contributed by atoms with Gasteiger partial charge in [-0.15, -0.1) is 12.4 Å². The van der Waals surface area contributed by atoms with Crippen molar-refractivity contribution in [1.29, 1.82) is 0 Å². The number of hydrogen-bond acceptors (Lipinski definition) is 3. The van der Waals surface area contributed by atoms with Gasteiger partial charge in [0.1, 0.15) is 5.75 Å². The molecule has 2 rings (SSSR count). The summed E-state index contributed by atoms with van der Waals surface area (Å²) in [6.45, 7) is 2.55. The summed E-state index contributed by atoms with van der Waals surface area (Å²) in [6, 6.07) is 11.5.